The maximum absolute atomic E-state index is 12.0. The van der Waals surface area contributed by atoms with Crippen molar-refractivity contribution in [3.05, 3.63) is 72.8 Å². The van der Waals surface area contributed by atoms with E-state index in [-0.39, 0.29) is 5.91 Å². The largest absolute Gasteiger partial charge is 0.494 e. The molecule has 0 atom stereocenters. The van der Waals surface area contributed by atoms with Crippen LogP contribution in [0.25, 0.3) is 0 Å². The molecule has 3 aromatic rings. The minimum absolute atomic E-state index is 0.251. The molecule has 2 heterocycles. The highest BCUT2D eigenvalue weighted by Gasteiger charge is 2.22. The van der Waals surface area contributed by atoms with Crippen molar-refractivity contribution in [2.45, 2.75) is 45.1 Å². The molecular formula is C35H45N5O3. The van der Waals surface area contributed by atoms with Gasteiger partial charge in [0.25, 0.3) is 0 Å². The van der Waals surface area contributed by atoms with Gasteiger partial charge in [0.1, 0.15) is 11.5 Å². The smallest absolute Gasteiger partial charge is 0.247 e. The van der Waals surface area contributed by atoms with Crippen molar-refractivity contribution >= 4 is 34.3 Å². The number of nitrogens with one attached hydrogen (secondary N) is 2. The van der Waals surface area contributed by atoms with Gasteiger partial charge in [-0.25, -0.2) is 0 Å². The minimum atomic E-state index is -0.251. The maximum atomic E-state index is 12.0. The van der Waals surface area contributed by atoms with Gasteiger partial charge in [-0.1, -0.05) is 12.6 Å². The van der Waals surface area contributed by atoms with Gasteiger partial charge in [-0.15, -0.1) is 0 Å². The molecule has 0 unspecified atom stereocenters. The molecule has 3 aromatic carbocycles. The van der Waals surface area contributed by atoms with Crippen LogP contribution in [-0.4, -0.2) is 64.2 Å². The van der Waals surface area contributed by atoms with Gasteiger partial charge in [0, 0.05) is 67.5 Å². The Labute approximate surface area is 256 Å². The van der Waals surface area contributed by atoms with E-state index in [2.05, 4.69) is 76.3 Å². The fourth-order valence-corrected chi connectivity index (χ4v) is 5.96. The number of carbonyl (C=O) groups is 1. The highest BCUT2D eigenvalue weighted by atomic mass is 16.5. The summed E-state index contributed by atoms with van der Waals surface area (Å²) in [6, 6.07) is 19.1. The summed E-state index contributed by atoms with van der Waals surface area (Å²) in [7, 11) is 6.05. The summed E-state index contributed by atoms with van der Waals surface area (Å²) in [4.78, 5) is 19.2. The molecule has 43 heavy (non-hydrogen) atoms. The van der Waals surface area contributed by atoms with Crippen LogP contribution >= 0.6 is 0 Å². The summed E-state index contributed by atoms with van der Waals surface area (Å²) in [5.74, 6) is 1.96. The average molecular weight is 584 g/mol. The summed E-state index contributed by atoms with van der Waals surface area (Å²) in [5, 5.41) is 6.45. The third-order valence-corrected chi connectivity index (χ3v) is 8.56. The Morgan fingerprint density at radius 3 is 2.37 bits per heavy atom. The zero-order valence-electron chi connectivity index (χ0n) is 26.0. The lowest BCUT2D eigenvalue weighted by molar-refractivity contribution is -0.111. The number of hydrogen-bond donors (Lipinski definition) is 2. The molecule has 2 aliphatic rings. The van der Waals surface area contributed by atoms with E-state index in [0.29, 0.717) is 17.5 Å². The van der Waals surface area contributed by atoms with Gasteiger partial charge in [-0.05, 0) is 95.1 Å². The molecule has 0 spiro atoms. The molecule has 0 aliphatic carbocycles. The number of hydrogen-bond acceptors (Lipinski definition) is 7. The van der Waals surface area contributed by atoms with Crippen LogP contribution in [0.2, 0.25) is 0 Å². The maximum Gasteiger partial charge on any atom is 0.247 e. The van der Waals surface area contributed by atoms with E-state index in [9.17, 15) is 4.79 Å². The number of benzene rings is 3. The molecule has 8 nitrogen and oxygen atoms in total. The van der Waals surface area contributed by atoms with Crippen molar-refractivity contribution in [2.24, 2.45) is 0 Å². The second-order valence-electron chi connectivity index (χ2n) is 11.7. The van der Waals surface area contributed by atoms with Crippen molar-refractivity contribution in [3.8, 4) is 17.2 Å². The lowest BCUT2D eigenvalue weighted by Gasteiger charge is -2.36. The van der Waals surface area contributed by atoms with Crippen LogP contribution in [0, 0.1) is 6.92 Å². The Bertz CT molecular complexity index is 1420. The predicted octanol–water partition coefficient (Wildman–Crippen LogP) is 7.18. The highest BCUT2D eigenvalue weighted by molar-refractivity contribution is 5.99. The van der Waals surface area contributed by atoms with Crippen LogP contribution in [-0.2, 0) is 4.79 Å². The number of nitrogens with zero attached hydrogens (tertiary/aromatic N) is 3. The summed E-state index contributed by atoms with van der Waals surface area (Å²) >= 11 is 0. The number of amides is 1. The molecule has 0 aromatic heterocycles. The SMILES string of the molecule is C=CC(=O)Nc1cc(Oc2cc(Nc3ccc(N4CCC(N(C)C)CC4)cc3OC)ccc2N2CCCCC2)ccc1C. The van der Waals surface area contributed by atoms with Gasteiger partial charge in [-0.3, -0.25) is 4.79 Å². The summed E-state index contributed by atoms with van der Waals surface area (Å²) in [6.07, 6.45) is 7.16. The van der Waals surface area contributed by atoms with Gasteiger partial charge in [0.15, 0.2) is 5.75 Å². The van der Waals surface area contributed by atoms with E-state index in [4.69, 9.17) is 9.47 Å². The average Bonchev–Trinajstić information content (AvgIpc) is 3.03. The number of ether oxygens (including phenoxy) is 2. The Morgan fingerprint density at radius 1 is 0.907 bits per heavy atom. The molecule has 2 saturated heterocycles. The first-order valence-electron chi connectivity index (χ1n) is 15.3. The molecule has 0 saturated carbocycles. The molecule has 5 rings (SSSR count). The monoisotopic (exact) mass is 583 g/mol. The first-order valence-corrected chi connectivity index (χ1v) is 15.3. The lowest BCUT2D eigenvalue weighted by Crippen LogP contribution is -2.41. The van der Waals surface area contributed by atoms with Gasteiger partial charge in [0.05, 0.1) is 18.5 Å². The van der Waals surface area contributed by atoms with E-state index in [0.717, 1.165) is 86.0 Å². The molecule has 0 bridgehead atoms. The van der Waals surface area contributed by atoms with E-state index in [1.807, 2.05) is 31.2 Å². The molecule has 2 N–H and O–H groups in total. The predicted molar refractivity (Wildman–Crippen MR) is 178 cm³/mol. The number of piperidine rings is 2. The number of anilines is 5. The molecule has 2 aliphatic heterocycles. The number of carbonyl (C=O) groups excluding carboxylic acids is 1. The fraction of sp³-hybridized carbons (Fsp3) is 0.400. The van der Waals surface area contributed by atoms with Crippen LogP contribution in [0.5, 0.6) is 17.2 Å². The Hall–Kier alpha value is -4.17. The number of methoxy groups -OCH3 is 1. The van der Waals surface area contributed by atoms with Crippen LogP contribution in [0.3, 0.4) is 0 Å². The fourth-order valence-electron chi connectivity index (χ4n) is 5.96. The zero-order valence-corrected chi connectivity index (χ0v) is 26.0. The third kappa shape index (κ3) is 7.43. The third-order valence-electron chi connectivity index (χ3n) is 8.56. The van der Waals surface area contributed by atoms with Crippen molar-refractivity contribution in [3.63, 3.8) is 0 Å². The Kier molecular flexibility index (Phi) is 9.77. The van der Waals surface area contributed by atoms with Crippen LogP contribution < -0.4 is 29.9 Å². The highest BCUT2D eigenvalue weighted by Crippen LogP contribution is 2.39. The van der Waals surface area contributed by atoms with Crippen molar-refractivity contribution in [1.82, 2.24) is 4.90 Å². The van der Waals surface area contributed by atoms with Crippen molar-refractivity contribution in [1.29, 1.82) is 0 Å². The lowest BCUT2D eigenvalue weighted by atomic mass is 10.0. The molecule has 2 fully saturated rings. The van der Waals surface area contributed by atoms with E-state index in [1.54, 1.807) is 7.11 Å². The normalized spacial score (nSPS) is 15.7. The Balaban J connectivity index is 1.39. The van der Waals surface area contributed by atoms with Crippen LogP contribution in [0.4, 0.5) is 28.4 Å². The molecule has 0 radical (unpaired) electrons. The van der Waals surface area contributed by atoms with Crippen molar-refractivity contribution in [2.75, 3.05) is 67.8 Å². The van der Waals surface area contributed by atoms with Crippen LogP contribution in [0.1, 0.15) is 37.7 Å². The van der Waals surface area contributed by atoms with Gasteiger partial charge in [-0.2, -0.15) is 0 Å². The number of aryl methyl sites for hydroxylation is 1. The summed E-state index contributed by atoms with van der Waals surface area (Å²) < 4.78 is 12.4. The quantitative estimate of drug-likeness (QED) is 0.245. The zero-order chi connectivity index (χ0) is 30.3. The van der Waals surface area contributed by atoms with E-state index in [1.165, 1.54) is 18.2 Å². The molecule has 228 valence electrons. The summed E-state index contributed by atoms with van der Waals surface area (Å²) in [6.45, 7) is 9.59. The molecule has 8 heteroatoms. The topological polar surface area (TPSA) is 69.3 Å². The first-order chi connectivity index (χ1) is 20.8. The van der Waals surface area contributed by atoms with E-state index >= 15 is 0 Å². The minimum Gasteiger partial charge on any atom is -0.494 e. The first kappa shape index (κ1) is 30.3. The second kappa shape index (κ2) is 13.9. The standard InChI is InChI=1S/C35H45N5O3/c1-6-35(41)37-31-24-29(13-10-25(31)2)43-34-22-26(11-15-32(34)40-18-8-7-9-19-40)36-30-14-12-28(23-33(30)42-5)39-20-16-27(17-21-39)38(3)4/h6,10-15,22-24,27,36H,1,7-9,16-21H2,2-5H3,(H,37,41). The second-order valence-corrected chi connectivity index (χ2v) is 11.7. The number of rotatable bonds is 10. The Morgan fingerprint density at radius 2 is 1.67 bits per heavy atom. The van der Waals surface area contributed by atoms with Gasteiger partial charge >= 0.3 is 0 Å². The van der Waals surface area contributed by atoms with Gasteiger partial charge < -0.3 is 34.8 Å². The molecular weight excluding hydrogens is 538 g/mol. The summed E-state index contributed by atoms with van der Waals surface area (Å²) in [5.41, 5.74) is 5.70. The molecule has 1 amide bonds. The van der Waals surface area contributed by atoms with Crippen LogP contribution in [0.15, 0.2) is 67.3 Å². The van der Waals surface area contributed by atoms with Crippen molar-refractivity contribution < 1.29 is 14.3 Å². The van der Waals surface area contributed by atoms with Gasteiger partial charge in [0.2, 0.25) is 5.91 Å². The van der Waals surface area contributed by atoms with E-state index < -0.39 is 0 Å².